The summed E-state index contributed by atoms with van der Waals surface area (Å²) in [7, 11) is 0. The predicted octanol–water partition coefficient (Wildman–Crippen LogP) is 3.58. The van der Waals surface area contributed by atoms with E-state index in [1.807, 2.05) is 24.3 Å². The largest absolute Gasteiger partial charge is 0.376 e. The minimum absolute atomic E-state index is 0.0152. The number of hydrogen-bond acceptors (Lipinski definition) is 5. The van der Waals surface area contributed by atoms with Crippen molar-refractivity contribution in [3.8, 4) is 0 Å². The van der Waals surface area contributed by atoms with Crippen LogP contribution in [0.2, 0.25) is 0 Å². The van der Waals surface area contributed by atoms with Gasteiger partial charge in [-0.3, -0.25) is 0 Å². The standard InChI is InChI=1S/C22H26O5/c1-3-7-19(21-15-23-9-11-26-21)17(5-1)13-25-14-18-6-2-4-8-20(18)22-16-24-10-12-27-22/h1-8,21-22H,9-16H2. The first-order chi connectivity index (χ1) is 13.4. The highest BCUT2D eigenvalue weighted by molar-refractivity contribution is 5.30. The Labute approximate surface area is 160 Å². The number of ether oxygens (including phenoxy) is 5. The Bertz CT molecular complexity index is 659. The summed E-state index contributed by atoms with van der Waals surface area (Å²) in [5, 5.41) is 0. The Morgan fingerprint density at radius 2 is 1.15 bits per heavy atom. The zero-order valence-corrected chi connectivity index (χ0v) is 15.5. The molecular formula is C22H26O5. The smallest absolute Gasteiger partial charge is 0.106 e. The van der Waals surface area contributed by atoms with Crippen LogP contribution < -0.4 is 0 Å². The molecule has 2 atom stereocenters. The molecule has 2 heterocycles. The molecule has 0 bridgehead atoms. The zero-order valence-electron chi connectivity index (χ0n) is 15.5. The molecule has 0 aromatic heterocycles. The van der Waals surface area contributed by atoms with Gasteiger partial charge in [0, 0.05) is 0 Å². The van der Waals surface area contributed by atoms with E-state index >= 15 is 0 Å². The van der Waals surface area contributed by atoms with E-state index in [2.05, 4.69) is 24.3 Å². The van der Waals surface area contributed by atoms with E-state index in [-0.39, 0.29) is 12.2 Å². The first-order valence-electron chi connectivity index (χ1n) is 9.54. The number of rotatable bonds is 6. The Hall–Kier alpha value is -1.76. The molecule has 4 rings (SSSR count). The van der Waals surface area contributed by atoms with Gasteiger partial charge in [-0.05, 0) is 22.3 Å². The molecule has 0 saturated carbocycles. The number of hydrogen-bond donors (Lipinski definition) is 0. The average molecular weight is 370 g/mol. The molecule has 5 nitrogen and oxygen atoms in total. The summed E-state index contributed by atoms with van der Waals surface area (Å²) >= 11 is 0. The third kappa shape index (κ3) is 4.75. The maximum Gasteiger partial charge on any atom is 0.106 e. The molecular weight excluding hydrogens is 344 g/mol. The first kappa shape index (κ1) is 18.6. The van der Waals surface area contributed by atoms with Crippen LogP contribution in [0.3, 0.4) is 0 Å². The Morgan fingerprint density at radius 1 is 0.667 bits per heavy atom. The topological polar surface area (TPSA) is 46.2 Å². The van der Waals surface area contributed by atoms with Gasteiger partial charge in [0.1, 0.15) is 12.2 Å². The van der Waals surface area contributed by atoms with Crippen molar-refractivity contribution in [2.45, 2.75) is 25.4 Å². The van der Waals surface area contributed by atoms with Crippen LogP contribution in [0.5, 0.6) is 0 Å². The lowest BCUT2D eigenvalue weighted by molar-refractivity contribution is -0.0914. The summed E-state index contributed by atoms with van der Waals surface area (Å²) in [4.78, 5) is 0. The van der Waals surface area contributed by atoms with E-state index < -0.39 is 0 Å². The van der Waals surface area contributed by atoms with E-state index in [1.165, 1.54) is 0 Å². The first-order valence-corrected chi connectivity index (χ1v) is 9.54. The minimum atomic E-state index is -0.0152. The Morgan fingerprint density at radius 3 is 1.59 bits per heavy atom. The summed E-state index contributed by atoms with van der Waals surface area (Å²) in [6, 6.07) is 16.5. The zero-order chi connectivity index (χ0) is 18.3. The van der Waals surface area contributed by atoms with E-state index in [0.717, 1.165) is 22.3 Å². The highest BCUT2D eigenvalue weighted by Crippen LogP contribution is 2.27. The summed E-state index contributed by atoms with van der Waals surface area (Å²) in [6.07, 6.45) is -0.0303. The Kier molecular flexibility index (Phi) is 6.50. The lowest BCUT2D eigenvalue weighted by atomic mass is 10.0. The lowest BCUT2D eigenvalue weighted by Crippen LogP contribution is -2.23. The van der Waals surface area contributed by atoms with E-state index in [1.54, 1.807) is 0 Å². The van der Waals surface area contributed by atoms with Crippen molar-refractivity contribution in [3.63, 3.8) is 0 Å². The predicted molar refractivity (Wildman–Crippen MR) is 100 cm³/mol. The second-order valence-electron chi connectivity index (χ2n) is 6.76. The van der Waals surface area contributed by atoms with Crippen LogP contribution in [0.25, 0.3) is 0 Å². The Balaban J connectivity index is 1.41. The van der Waals surface area contributed by atoms with Gasteiger partial charge < -0.3 is 23.7 Å². The van der Waals surface area contributed by atoms with Gasteiger partial charge >= 0.3 is 0 Å². The van der Waals surface area contributed by atoms with Crippen molar-refractivity contribution >= 4 is 0 Å². The van der Waals surface area contributed by atoms with Crippen molar-refractivity contribution in [1.82, 2.24) is 0 Å². The van der Waals surface area contributed by atoms with Crippen LogP contribution in [-0.2, 0) is 36.9 Å². The highest BCUT2D eigenvalue weighted by Gasteiger charge is 2.21. The van der Waals surface area contributed by atoms with Gasteiger partial charge in [0.25, 0.3) is 0 Å². The molecule has 0 aliphatic carbocycles. The van der Waals surface area contributed by atoms with Gasteiger partial charge in [-0.15, -0.1) is 0 Å². The number of benzene rings is 2. The van der Waals surface area contributed by atoms with Crippen LogP contribution in [0.15, 0.2) is 48.5 Å². The average Bonchev–Trinajstić information content (AvgIpc) is 2.76. The third-order valence-corrected chi connectivity index (χ3v) is 4.95. The summed E-state index contributed by atoms with van der Waals surface area (Å²) in [5.41, 5.74) is 4.58. The molecule has 2 aromatic rings. The summed E-state index contributed by atoms with van der Waals surface area (Å²) in [5.74, 6) is 0. The van der Waals surface area contributed by atoms with E-state index in [9.17, 15) is 0 Å². The van der Waals surface area contributed by atoms with Crippen molar-refractivity contribution < 1.29 is 23.7 Å². The summed E-state index contributed by atoms with van der Waals surface area (Å²) < 4.78 is 28.9. The highest BCUT2D eigenvalue weighted by atomic mass is 16.6. The molecule has 5 heteroatoms. The van der Waals surface area contributed by atoms with Crippen LogP contribution in [0.4, 0.5) is 0 Å². The summed E-state index contributed by atoms with van der Waals surface area (Å²) in [6.45, 7) is 4.86. The van der Waals surface area contributed by atoms with Crippen LogP contribution in [-0.4, -0.2) is 39.6 Å². The van der Waals surface area contributed by atoms with Gasteiger partial charge in [0.2, 0.25) is 0 Å². The van der Waals surface area contributed by atoms with Gasteiger partial charge in [-0.1, -0.05) is 48.5 Å². The van der Waals surface area contributed by atoms with E-state index in [4.69, 9.17) is 23.7 Å². The third-order valence-electron chi connectivity index (χ3n) is 4.95. The fraction of sp³-hybridized carbons (Fsp3) is 0.455. The SMILES string of the molecule is c1ccc(C2COCCO2)c(COCc2ccccc2C2COCCO2)c1. The molecule has 2 fully saturated rings. The molecule has 0 N–H and O–H groups in total. The molecule has 0 amide bonds. The molecule has 2 aliphatic rings. The van der Waals surface area contributed by atoms with Crippen LogP contribution in [0, 0.1) is 0 Å². The molecule has 144 valence electrons. The second-order valence-corrected chi connectivity index (χ2v) is 6.76. The maximum absolute atomic E-state index is 6.08. The van der Waals surface area contributed by atoms with Gasteiger partial charge in [-0.2, -0.15) is 0 Å². The monoisotopic (exact) mass is 370 g/mol. The lowest BCUT2D eigenvalue weighted by Gasteiger charge is -2.26. The molecule has 2 unspecified atom stereocenters. The molecule has 2 aromatic carbocycles. The fourth-order valence-electron chi connectivity index (χ4n) is 3.57. The fourth-order valence-corrected chi connectivity index (χ4v) is 3.57. The molecule has 27 heavy (non-hydrogen) atoms. The molecule has 0 spiro atoms. The molecule has 0 radical (unpaired) electrons. The van der Waals surface area contributed by atoms with Crippen molar-refractivity contribution in [3.05, 3.63) is 70.8 Å². The molecule has 2 saturated heterocycles. The van der Waals surface area contributed by atoms with Crippen molar-refractivity contribution in [2.75, 3.05) is 39.6 Å². The normalized spacial score (nSPS) is 23.3. The quantitative estimate of drug-likeness (QED) is 0.778. The maximum atomic E-state index is 6.08. The second kappa shape index (κ2) is 9.44. The minimum Gasteiger partial charge on any atom is -0.376 e. The van der Waals surface area contributed by atoms with Crippen LogP contribution >= 0.6 is 0 Å². The van der Waals surface area contributed by atoms with Gasteiger partial charge in [-0.25, -0.2) is 0 Å². The molecule has 2 aliphatic heterocycles. The van der Waals surface area contributed by atoms with Gasteiger partial charge in [0.15, 0.2) is 0 Å². The van der Waals surface area contributed by atoms with E-state index in [0.29, 0.717) is 52.9 Å². The van der Waals surface area contributed by atoms with Gasteiger partial charge in [0.05, 0.1) is 52.9 Å². The van der Waals surface area contributed by atoms with Crippen molar-refractivity contribution in [2.24, 2.45) is 0 Å². The van der Waals surface area contributed by atoms with Crippen LogP contribution in [0.1, 0.15) is 34.5 Å². The van der Waals surface area contributed by atoms with Crippen molar-refractivity contribution in [1.29, 1.82) is 0 Å².